The Kier molecular flexibility index (Phi) is 91.4. The quantitative estimate of drug-likeness (QED) is 0.0455. The van der Waals surface area contributed by atoms with Gasteiger partial charge in [0, 0.05) is 19.3 Å². The van der Waals surface area contributed by atoms with Gasteiger partial charge in [-0.15, -0.1) is 0 Å². The molecule has 0 aliphatic rings. The topological polar surface area (TPSA) is 127 Å². The number of hydrogen-bond donors (Lipinski definition) is 2. The number of esters is 2. The zero-order valence-electron chi connectivity index (χ0n) is 71.4. The number of hydrogen-bond acceptors (Lipinski definition) is 6. The van der Waals surface area contributed by atoms with E-state index in [1.54, 1.807) is 0 Å². The first-order valence-electron chi connectivity index (χ1n) is 47.9. The van der Waals surface area contributed by atoms with Crippen LogP contribution in [-0.2, 0) is 28.7 Å². The molecule has 0 aromatic rings. The van der Waals surface area contributed by atoms with Crippen LogP contribution in [0.2, 0.25) is 0 Å². The van der Waals surface area contributed by atoms with Gasteiger partial charge in [0.2, 0.25) is 0 Å². The van der Waals surface area contributed by atoms with Gasteiger partial charge in [-0.3, -0.25) is 19.2 Å². The molecule has 8 nitrogen and oxygen atoms in total. The summed E-state index contributed by atoms with van der Waals surface area (Å²) >= 11 is 0. The van der Waals surface area contributed by atoms with Crippen LogP contribution in [-0.4, -0.2) is 47.3 Å². The molecule has 0 spiro atoms. The number of ether oxygens (including phenoxy) is 2. The molecule has 0 fully saturated rings. The lowest BCUT2D eigenvalue weighted by Crippen LogP contribution is -2.31. The van der Waals surface area contributed by atoms with E-state index >= 15 is 0 Å². The van der Waals surface area contributed by atoms with Gasteiger partial charge in [-0.05, 0) is 51.4 Å². The monoisotopic (exact) mass is 1470 g/mol. The molecule has 0 radical (unpaired) electrons. The van der Waals surface area contributed by atoms with E-state index in [0.29, 0.717) is 26.1 Å². The number of carboxylic acid groups (broad SMARTS) is 2. The maximum absolute atomic E-state index is 12.8. The summed E-state index contributed by atoms with van der Waals surface area (Å²) in [4.78, 5) is 47.6. The summed E-state index contributed by atoms with van der Waals surface area (Å²) in [6.07, 6.45) is 107. The first-order chi connectivity index (χ1) is 51.2. The fraction of sp³-hybridized carbons (Fsp3) is 0.958. The van der Waals surface area contributed by atoms with Crippen LogP contribution >= 0.6 is 0 Å². The number of carbonyl (C=O) groups is 4. The molecule has 0 rings (SSSR count). The Morgan fingerprint density at radius 3 is 0.500 bits per heavy atom. The van der Waals surface area contributed by atoms with Gasteiger partial charge >= 0.3 is 23.9 Å². The van der Waals surface area contributed by atoms with Crippen LogP contribution in [0, 0.1) is 5.41 Å². The molecule has 0 unspecified atom stereocenters. The van der Waals surface area contributed by atoms with Crippen LogP contribution in [0.5, 0.6) is 0 Å². The zero-order chi connectivity index (χ0) is 75.7. The lowest BCUT2D eigenvalue weighted by molar-refractivity contribution is -0.151. The Bertz CT molecular complexity index is 1570. The Morgan fingerprint density at radius 2 is 0.337 bits per heavy atom. The van der Waals surface area contributed by atoms with E-state index < -0.39 is 17.4 Å². The lowest BCUT2D eigenvalue weighted by Gasteiger charge is -2.30. The largest absolute Gasteiger partial charge is 0.481 e. The molecule has 104 heavy (non-hydrogen) atoms. The Labute approximate surface area is 651 Å². The van der Waals surface area contributed by atoms with Gasteiger partial charge in [0.05, 0.1) is 18.6 Å². The summed E-state index contributed by atoms with van der Waals surface area (Å²) in [7, 11) is 0. The highest BCUT2D eigenvalue weighted by atomic mass is 16.5. The Hall–Kier alpha value is -2.12. The van der Waals surface area contributed by atoms with E-state index in [4.69, 9.17) is 14.6 Å². The number of unbranched alkanes of at least 4 members (excludes halogenated alkanes) is 73. The Balaban J connectivity index is 0. The SMILES string of the molecule is CCCCCCCCCCCCCCCCCCC(CCCCCCCCCCCCCCCCCC)(CCCCCCCCCC(=O)O)C(=O)O.CCCCCCCCCCCCCCCCCCOC(=O)CCCCCCCCCCC(=O)OCCCCCCCCCCCCCCCCCC. The van der Waals surface area contributed by atoms with Crippen molar-refractivity contribution in [1.82, 2.24) is 0 Å². The highest BCUT2D eigenvalue weighted by molar-refractivity contribution is 5.74. The van der Waals surface area contributed by atoms with Crippen LogP contribution in [0.4, 0.5) is 0 Å². The highest BCUT2D eigenvalue weighted by Gasteiger charge is 2.36. The molecule has 0 aliphatic carbocycles. The third-order valence-electron chi connectivity index (χ3n) is 23.1. The first-order valence-corrected chi connectivity index (χ1v) is 47.9. The van der Waals surface area contributed by atoms with E-state index in [1.165, 1.54) is 411 Å². The smallest absolute Gasteiger partial charge is 0.309 e. The molecule has 0 heterocycles. The van der Waals surface area contributed by atoms with Crippen molar-refractivity contribution in [1.29, 1.82) is 0 Å². The summed E-state index contributed by atoms with van der Waals surface area (Å²) in [5.41, 5.74) is -0.534. The second-order valence-electron chi connectivity index (χ2n) is 33.4. The molecule has 0 saturated carbocycles. The van der Waals surface area contributed by atoms with Crippen molar-refractivity contribution in [2.75, 3.05) is 13.2 Å². The number of carboxylic acids is 2. The third-order valence-corrected chi connectivity index (χ3v) is 23.1. The summed E-state index contributed by atoms with van der Waals surface area (Å²) in [5, 5.41) is 19.4. The molecule has 0 aromatic heterocycles. The molecular weight excluding hydrogens is 1280 g/mol. The standard InChI is InChI=1S/2C48H94O4/c1-3-5-7-9-11-13-15-17-19-21-23-25-29-33-37-41-45-51-47(49)43-39-35-31-27-28-32-36-40-44-48(50)52-46-42-38-34-30-26-24-22-20-18-16-14-12-10-8-6-4-2;1-3-5-7-9-11-13-15-17-19-21-23-25-27-31-35-39-43-48(47(51)52,45-41-37-33-29-30-34-38-42-46(49)50)44-40-36-32-28-26-24-22-20-18-16-14-12-10-8-6-4-2/h3-46H2,1-2H3;3-45H2,1-2H3,(H,49,50)(H,51,52). The van der Waals surface area contributed by atoms with Gasteiger partial charge in [0.1, 0.15) is 0 Å². The van der Waals surface area contributed by atoms with E-state index in [2.05, 4.69) is 27.7 Å². The predicted octanol–water partition coefficient (Wildman–Crippen LogP) is 33.5. The van der Waals surface area contributed by atoms with Gasteiger partial charge < -0.3 is 19.7 Å². The minimum absolute atomic E-state index is 0.0114. The van der Waals surface area contributed by atoms with Crippen molar-refractivity contribution in [2.45, 2.75) is 573 Å². The van der Waals surface area contributed by atoms with E-state index in [-0.39, 0.29) is 18.4 Å². The van der Waals surface area contributed by atoms with E-state index in [1.807, 2.05) is 0 Å². The molecule has 0 atom stereocenters. The van der Waals surface area contributed by atoms with Gasteiger partial charge in [0.25, 0.3) is 0 Å². The minimum atomic E-state index is -0.696. The van der Waals surface area contributed by atoms with Crippen molar-refractivity contribution in [2.24, 2.45) is 5.41 Å². The summed E-state index contributed by atoms with van der Waals surface area (Å²) in [6.45, 7) is 10.4. The summed E-state index contributed by atoms with van der Waals surface area (Å²) < 4.78 is 10.9. The van der Waals surface area contributed by atoms with E-state index in [9.17, 15) is 24.3 Å². The van der Waals surface area contributed by atoms with Crippen LogP contribution in [0.25, 0.3) is 0 Å². The summed E-state index contributed by atoms with van der Waals surface area (Å²) in [6, 6.07) is 0. The second kappa shape index (κ2) is 91.5. The molecule has 0 bridgehead atoms. The Morgan fingerprint density at radius 1 is 0.192 bits per heavy atom. The van der Waals surface area contributed by atoms with Crippen molar-refractivity contribution in [3.63, 3.8) is 0 Å². The van der Waals surface area contributed by atoms with E-state index in [0.717, 1.165) is 116 Å². The number of aliphatic carboxylic acids is 2. The van der Waals surface area contributed by atoms with Crippen molar-refractivity contribution < 1.29 is 38.9 Å². The molecule has 0 aliphatic heterocycles. The normalized spacial score (nSPS) is 11.6. The minimum Gasteiger partial charge on any atom is -0.481 e. The van der Waals surface area contributed by atoms with Gasteiger partial charge in [-0.1, -0.05) is 503 Å². The maximum atomic E-state index is 12.8. The molecule has 0 amide bonds. The molecule has 0 aromatic carbocycles. The molecule has 2 N–H and O–H groups in total. The van der Waals surface area contributed by atoms with Crippen LogP contribution < -0.4 is 0 Å². The van der Waals surface area contributed by atoms with Gasteiger partial charge in [-0.2, -0.15) is 0 Å². The fourth-order valence-electron chi connectivity index (χ4n) is 15.8. The second-order valence-corrected chi connectivity index (χ2v) is 33.4. The molecular formula is C96H188O8. The van der Waals surface area contributed by atoms with Crippen molar-refractivity contribution in [3.05, 3.63) is 0 Å². The van der Waals surface area contributed by atoms with Gasteiger partial charge in [0.15, 0.2) is 0 Å². The first kappa shape index (κ1) is 104. The van der Waals surface area contributed by atoms with Crippen molar-refractivity contribution in [3.8, 4) is 0 Å². The van der Waals surface area contributed by atoms with Crippen LogP contribution in [0.15, 0.2) is 0 Å². The number of carbonyl (C=O) groups excluding carboxylic acids is 2. The maximum Gasteiger partial charge on any atom is 0.309 e. The number of rotatable bonds is 90. The highest BCUT2D eigenvalue weighted by Crippen LogP contribution is 2.38. The summed E-state index contributed by atoms with van der Waals surface area (Å²) in [5.74, 6) is -1.26. The van der Waals surface area contributed by atoms with Gasteiger partial charge in [-0.25, -0.2) is 0 Å². The average molecular weight is 1470 g/mol. The molecule has 0 saturated heterocycles. The molecule has 8 heteroatoms. The fourth-order valence-corrected chi connectivity index (χ4v) is 15.8. The average Bonchev–Trinajstić information content (AvgIpc) is 0.850. The predicted molar refractivity (Wildman–Crippen MR) is 455 cm³/mol. The zero-order valence-corrected chi connectivity index (χ0v) is 71.4. The van der Waals surface area contributed by atoms with Crippen LogP contribution in [0.1, 0.15) is 573 Å². The molecule has 620 valence electrons. The third kappa shape index (κ3) is 87.1. The lowest BCUT2D eigenvalue weighted by atomic mass is 9.74. The van der Waals surface area contributed by atoms with Crippen molar-refractivity contribution >= 4 is 23.9 Å². The van der Waals surface area contributed by atoms with Crippen LogP contribution in [0.3, 0.4) is 0 Å².